The zero-order valence-electron chi connectivity index (χ0n) is 8.09. The molecule has 0 radical (unpaired) electrons. The fraction of sp³-hybridized carbons (Fsp3) is 0.222. The van der Waals surface area contributed by atoms with Crippen molar-refractivity contribution in [3.63, 3.8) is 0 Å². The molecular weight excluding hydrogens is 249 g/mol. The van der Waals surface area contributed by atoms with E-state index in [0.717, 1.165) is 18.2 Å². The van der Waals surface area contributed by atoms with Crippen molar-refractivity contribution in [1.82, 2.24) is 0 Å². The molecule has 0 spiro atoms. The monoisotopic (exact) mass is 255 g/mol. The number of amides is 1. The van der Waals surface area contributed by atoms with Gasteiger partial charge < -0.3 is 10.1 Å². The Hall–Kier alpha value is -1.86. The topological polar surface area (TPSA) is 38.3 Å². The molecule has 8 heteroatoms. The van der Waals surface area contributed by atoms with Crippen molar-refractivity contribution in [2.24, 2.45) is 0 Å². The summed E-state index contributed by atoms with van der Waals surface area (Å²) >= 11 is 0. The third-order valence-corrected chi connectivity index (χ3v) is 1.57. The van der Waals surface area contributed by atoms with E-state index < -0.39 is 18.7 Å². The third kappa shape index (κ3) is 4.25. The number of benzene rings is 1. The van der Waals surface area contributed by atoms with Gasteiger partial charge in [0.05, 0.1) is 0 Å². The molecule has 1 aromatic carbocycles. The van der Waals surface area contributed by atoms with Crippen LogP contribution in [0, 0.1) is 0 Å². The molecule has 0 atom stereocenters. The number of rotatable bonds is 3. The number of nitrogens with one attached hydrogen (secondary N) is 1. The van der Waals surface area contributed by atoms with Crippen LogP contribution in [-0.4, -0.2) is 18.7 Å². The van der Waals surface area contributed by atoms with Crippen molar-refractivity contribution in [1.29, 1.82) is 0 Å². The second kappa shape index (κ2) is 4.98. The van der Waals surface area contributed by atoms with E-state index in [2.05, 4.69) is 4.74 Å². The van der Waals surface area contributed by atoms with Crippen LogP contribution in [0.25, 0.3) is 0 Å². The van der Waals surface area contributed by atoms with E-state index in [1.54, 1.807) is 0 Å². The molecule has 0 bridgehead atoms. The average Bonchev–Trinajstić information content (AvgIpc) is 2.15. The number of hydrogen-bond acceptors (Lipinski definition) is 2. The van der Waals surface area contributed by atoms with Crippen molar-refractivity contribution >= 4 is 11.6 Å². The normalized spacial score (nSPS) is 11.4. The molecule has 0 unspecified atom stereocenters. The molecule has 0 aliphatic rings. The van der Waals surface area contributed by atoms with Gasteiger partial charge >= 0.3 is 18.7 Å². The number of anilines is 1. The van der Waals surface area contributed by atoms with Gasteiger partial charge in [-0.3, -0.25) is 4.79 Å². The Morgan fingerprint density at radius 1 is 1.29 bits per heavy atom. The van der Waals surface area contributed by atoms with E-state index in [0.29, 0.717) is 0 Å². The number of alkyl halides is 5. The smallest absolute Gasteiger partial charge is 0.435 e. The van der Waals surface area contributed by atoms with Gasteiger partial charge in [0, 0.05) is 11.8 Å². The van der Waals surface area contributed by atoms with Crippen molar-refractivity contribution < 1.29 is 31.5 Å². The zero-order valence-corrected chi connectivity index (χ0v) is 8.09. The maximum absolute atomic E-state index is 11.9. The van der Waals surface area contributed by atoms with Crippen LogP contribution in [0.1, 0.15) is 0 Å². The lowest BCUT2D eigenvalue weighted by molar-refractivity contribution is -0.167. The molecule has 94 valence electrons. The summed E-state index contributed by atoms with van der Waals surface area (Å²) in [5.74, 6) is -2.54. The first kappa shape index (κ1) is 13.2. The molecule has 0 heterocycles. The lowest BCUT2D eigenvalue weighted by Crippen LogP contribution is -2.29. The van der Waals surface area contributed by atoms with Crippen LogP contribution in [0.15, 0.2) is 24.3 Å². The Bertz CT molecular complexity index is 405. The summed E-state index contributed by atoms with van der Waals surface area (Å²) in [7, 11) is 0. The van der Waals surface area contributed by atoms with Crippen molar-refractivity contribution in [2.75, 3.05) is 5.32 Å². The number of carbonyl (C=O) groups is 1. The first-order valence-corrected chi connectivity index (χ1v) is 4.22. The van der Waals surface area contributed by atoms with E-state index in [4.69, 9.17) is 0 Å². The summed E-state index contributed by atoms with van der Waals surface area (Å²) in [5.41, 5.74) is -0.287. The summed E-state index contributed by atoms with van der Waals surface area (Å²) in [6.07, 6.45) is -5.04. The molecule has 0 aliphatic carbocycles. The van der Waals surface area contributed by atoms with Crippen molar-refractivity contribution in [3.8, 4) is 5.75 Å². The highest BCUT2D eigenvalue weighted by atomic mass is 19.4. The van der Waals surface area contributed by atoms with E-state index >= 15 is 0 Å². The van der Waals surface area contributed by atoms with Gasteiger partial charge in [0.1, 0.15) is 5.75 Å². The van der Waals surface area contributed by atoms with Gasteiger partial charge in [0.2, 0.25) is 0 Å². The average molecular weight is 255 g/mol. The Balaban J connectivity index is 2.76. The Kier molecular flexibility index (Phi) is 3.87. The summed E-state index contributed by atoms with van der Waals surface area (Å²) in [4.78, 5) is 10.5. The van der Waals surface area contributed by atoms with Gasteiger partial charge in [-0.05, 0) is 12.1 Å². The maximum atomic E-state index is 11.9. The molecule has 0 saturated carbocycles. The van der Waals surface area contributed by atoms with Crippen LogP contribution in [0.2, 0.25) is 0 Å². The maximum Gasteiger partial charge on any atom is 0.471 e. The summed E-state index contributed by atoms with van der Waals surface area (Å²) in [5, 5.41) is 1.51. The molecule has 0 aliphatic heterocycles. The molecular formula is C9H6F5NO2. The van der Waals surface area contributed by atoms with Crippen molar-refractivity contribution in [2.45, 2.75) is 12.8 Å². The Morgan fingerprint density at radius 3 is 2.47 bits per heavy atom. The van der Waals surface area contributed by atoms with Crippen LogP contribution < -0.4 is 10.1 Å². The number of carbonyl (C=O) groups excluding carboxylic acids is 1. The second-order valence-corrected chi connectivity index (χ2v) is 2.86. The van der Waals surface area contributed by atoms with Gasteiger partial charge in [-0.15, -0.1) is 0 Å². The van der Waals surface area contributed by atoms with Crippen LogP contribution in [0.4, 0.5) is 27.6 Å². The summed E-state index contributed by atoms with van der Waals surface area (Å²) in [6.45, 7) is -3.09. The minimum atomic E-state index is -5.04. The molecule has 1 amide bonds. The molecule has 0 aromatic heterocycles. The second-order valence-electron chi connectivity index (χ2n) is 2.86. The quantitative estimate of drug-likeness (QED) is 0.843. The SMILES string of the molecule is O=C(Nc1cccc(OC(F)F)c1)C(F)(F)F. The third-order valence-electron chi connectivity index (χ3n) is 1.57. The van der Waals surface area contributed by atoms with Gasteiger partial charge in [-0.25, -0.2) is 0 Å². The number of hydrogen-bond donors (Lipinski definition) is 1. The predicted molar refractivity (Wildman–Crippen MR) is 47.8 cm³/mol. The van der Waals surface area contributed by atoms with E-state index in [9.17, 15) is 26.7 Å². The van der Waals surface area contributed by atoms with Gasteiger partial charge in [0.15, 0.2) is 0 Å². The fourth-order valence-corrected chi connectivity index (χ4v) is 0.952. The molecule has 17 heavy (non-hydrogen) atoms. The largest absolute Gasteiger partial charge is 0.471 e. The standard InChI is InChI=1S/C9H6F5NO2/c10-8(11)17-6-3-1-2-5(4-6)15-7(16)9(12,13)14/h1-4,8H,(H,15,16). The van der Waals surface area contributed by atoms with Crippen molar-refractivity contribution in [3.05, 3.63) is 24.3 Å². The van der Waals surface area contributed by atoms with Gasteiger partial charge in [0.25, 0.3) is 0 Å². The fourth-order valence-electron chi connectivity index (χ4n) is 0.952. The molecule has 0 fully saturated rings. The van der Waals surface area contributed by atoms with E-state index in [1.807, 2.05) is 0 Å². The first-order valence-electron chi connectivity index (χ1n) is 4.22. The number of halogens is 5. The predicted octanol–water partition coefficient (Wildman–Crippen LogP) is 2.79. The lowest BCUT2D eigenvalue weighted by Gasteiger charge is -2.09. The zero-order chi connectivity index (χ0) is 13.1. The van der Waals surface area contributed by atoms with Crippen LogP contribution in [0.5, 0.6) is 5.75 Å². The molecule has 0 saturated heterocycles. The molecule has 1 aromatic rings. The minimum Gasteiger partial charge on any atom is -0.435 e. The Labute approximate surface area is 92.2 Å². The van der Waals surface area contributed by atoms with E-state index in [-0.39, 0.29) is 11.4 Å². The highest BCUT2D eigenvalue weighted by molar-refractivity contribution is 5.95. The molecule has 1 rings (SSSR count). The highest BCUT2D eigenvalue weighted by Gasteiger charge is 2.38. The van der Waals surface area contributed by atoms with Crippen LogP contribution in [0.3, 0.4) is 0 Å². The molecule has 1 N–H and O–H groups in total. The van der Waals surface area contributed by atoms with Gasteiger partial charge in [-0.1, -0.05) is 6.07 Å². The van der Waals surface area contributed by atoms with E-state index in [1.165, 1.54) is 11.4 Å². The number of ether oxygens (including phenoxy) is 1. The lowest BCUT2D eigenvalue weighted by atomic mass is 10.3. The van der Waals surface area contributed by atoms with Crippen LogP contribution in [-0.2, 0) is 4.79 Å². The van der Waals surface area contributed by atoms with Gasteiger partial charge in [-0.2, -0.15) is 22.0 Å². The van der Waals surface area contributed by atoms with Crippen LogP contribution >= 0.6 is 0 Å². The Morgan fingerprint density at radius 2 is 1.94 bits per heavy atom. The summed E-state index contributed by atoms with van der Waals surface area (Å²) in [6, 6.07) is 4.26. The first-order chi connectivity index (χ1) is 7.79. The minimum absolute atomic E-state index is 0.287. The highest BCUT2D eigenvalue weighted by Crippen LogP contribution is 2.22. The molecule has 3 nitrogen and oxygen atoms in total. The summed E-state index contributed by atoms with van der Waals surface area (Å²) < 4.78 is 63.2.